The summed E-state index contributed by atoms with van der Waals surface area (Å²) in [5, 5.41) is 3.75. The first-order chi connectivity index (χ1) is 7.79. The van der Waals surface area contributed by atoms with Crippen molar-refractivity contribution in [2.75, 3.05) is 7.05 Å². The van der Waals surface area contributed by atoms with Crippen molar-refractivity contribution in [1.82, 2.24) is 0 Å². The number of hydrogen-bond donors (Lipinski definition) is 0. The molecule has 2 aromatic carbocycles. The van der Waals surface area contributed by atoms with Crippen LogP contribution in [0, 0.1) is 0 Å². The highest BCUT2D eigenvalue weighted by molar-refractivity contribution is 8.13. The van der Waals surface area contributed by atoms with E-state index in [0.717, 1.165) is 10.8 Å². The van der Waals surface area contributed by atoms with Crippen LogP contribution in [0.2, 0.25) is 0 Å². The van der Waals surface area contributed by atoms with Gasteiger partial charge in [-0.15, -0.1) is 11.8 Å². The van der Waals surface area contributed by atoms with Gasteiger partial charge in [-0.2, -0.15) is 0 Å². The molecular weight excluding hydrogens is 214 g/mol. The van der Waals surface area contributed by atoms with Gasteiger partial charge in [0.05, 0.1) is 5.04 Å². The summed E-state index contributed by atoms with van der Waals surface area (Å²) in [5.74, 6) is 0.994. The SMILES string of the molecule is CN=C(C)SCc1ccc2ccccc2c1. The van der Waals surface area contributed by atoms with Gasteiger partial charge >= 0.3 is 0 Å². The van der Waals surface area contributed by atoms with E-state index in [2.05, 4.69) is 47.5 Å². The Kier molecular flexibility index (Phi) is 3.62. The number of fused-ring (bicyclic) bond motifs is 1. The molecule has 0 spiro atoms. The minimum absolute atomic E-state index is 0.994. The van der Waals surface area contributed by atoms with E-state index in [4.69, 9.17) is 0 Å². The fourth-order valence-electron chi connectivity index (χ4n) is 1.58. The molecule has 0 heterocycles. The zero-order valence-corrected chi connectivity index (χ0v) is 10.4. The van der Waals surface area contributed by atoms with Gasteiger partial charge in [0.15, 0.2) is 0 Å². The van der Waals surface area contributed by atoms with Crippen LogP contribution in [0.5, 0.6) is 0 Å². The topological polar surface area (TPSA) is 12.4 Å². The van der Waals surface area contributed by atoms with Crippen molar-refractivity contribution >= 4 is 27.6 Å². The molecule has 1 nitrogen and oxygen atoms in total. The third kappa shape index (κ3) is 2.64. The number of benzene rings is 2. The summed E-state index contributed by atoms with van der Waals surface area (Å²) in [5.41, 5.74) is 1.35. The van der Waals surface area contributed by atoms with Crippen LogP contribution in [0.15, 0.2) is 47.5 Å². The highest BCUT2D eigenvalue weighted by atomic mass is 32.2. The van der Waals surface area contributed by atoms with E-state index in [9.17, 15) is 0 Å². The molecule has 0 aliphatic heterocycles. The molecule has 0 aromatic heterocycles. The number of thioether (sulfide) groups is 1. The molecule has 2 heteroatoms. The molecule has 0 unspecified atom stereocenters. The zero-order valence-electron chi connectivity index (χ0n) is 9.60. The average molecular weight is 229 g/mol. The largest absolute Gasteiger partial charge is 0.287 e. The van der Waals surface area contributed by atoms with E-state index in [1.807, 2.05) is 14.0 Å². The van der Waals surface area contributed by atoms with Gasteiger partial charge in [0.25, 0.3) is 0 Å². The molecule has 0 saturated heterocycles. The van der Waals surface area contributed by atoms with E-state index < -0.39 is 0 Å². The number of aliphatic imine (C=N–C) groups is 1. The number of rotatable bonds is 2. The van der Waals surface area contributed by atoms with E-state index >= 15 is 0 Å². The zero-order chi connectivity index (χ0) is 11.4. The van der Waals surface area contributed by atoms with E-state index in [1.165, 1.54) is 16.3 Å². The molecule has 0 amide bonds. The summed E-state index contributed by atoms with van der Waals surface area (Å²) >= 11 is 1.79. The van der Waals surface area contributed by atoms with Crippen LogP contribution in [0.25, 0.3) is 10.8 Å². The maximum atomic E-state index is 4.15. The van der Waals surface area contributed by atoms with Crippen molar-refractivity contribution in [2.24, 2.45) is 4.99 Å². The van der Waals surface area contributed by atoms with Crippen LogP contribution in [0.4, 0.5) is 0 Å². The lowest BCUT2D eigenvalue weighted by Gasteiger charge is -2.03. The Morgan fingerprint density at radius 2 is 1.88 bits per heavy atom. The summed E-state index contributed by atoms with van der Waals surface area (Å²) in [4.78, 5) is 4.15. The summed E-state index contributed by atoms with van der Waals surface area (Å²) in [6.45, 7) is 2.05. The molecule has 0 bridgehead atoms. The van der Waals surface area contributed by atoms with Crippen molar-refractivity contribution in [3.05, 3.63) is 48.0 Å². The Morgan fingerprint density at radius 1 is 1.12 bits per heavy atom. The summed E-state index contributed by atoms with van der Waals surface area (Å²) in [6.07, 6.45) is 0. The molecule has 16 heavy (non-hydrogen) atoms. The Balaban J connectivity index is 2.20. The average Bonchev–Trinajstić information content (AvgIpc) is 2.35. The molecule has 0 N–H and O–H groups in total. The monoisotopic (exact) mass is 229 g/mol. The third-order valence-corrected chi connectivity index (χ3v) is 3.65. The van der Waals surface area contributed by atoms with Gasteiger partial charge in [-0.05, 0) is 23.3 Å². The van der Waals surface area contributed by atoms with Crippen molar-refractivity contribution < 1.29 is 0 Å². The van der Waals surface area contributed by atoms with Crippen molar-refractivity contribution in [2.45, 2.75) is 12.7 Å². The molecule has 0 aliphatic carbocycles. The van der Waals surface area contributed by atoms with Crippen LogP contribution in [0.1, 0.15) is 12.5 Å². The molecule has 0 radical (unpaired) electrons. The van der Waals surface area contributed by atoms with Gasteiger partial charge in [-0.3, -0.25) is 4.99 Å². The van der Waals surface area contributed by atoms with Crippen LogP contribution in [-0.2, 0) is 5.75 Å². The van der Waals surface area contributed by atoms with Gasteiger partial charge in [0, 0.05) is 12.8 Å². The predicted molar refractivity (Wildman–Crippen MR) is 74.3 cm³/mol. The van der Waals surface area contributed by atoms with Crippen LogP contribution < -0.4 is 0 Å². The molecular formula is C14H15NS. The lowest BCUT2D eigenvalue weighted by Crippen LogP contribution is -1.86. The Labute approximate surface area is 101 Å². The Hall–Kier alpha value is -1.28. The van der Waals surface area contributed by atoms with Crippen LogP contribution >= 0.6 is 11.8 Å². The smallest absolute Gasteiger partial charge is 0.0644 e. The number of nitrogens with zero attached hydrogens (tertiary/aromatic N) is 1. The number of hydrogen-bond acceptors (Lipinski definition) is 2. The summed E-state index contributed by atoms with van der Waals surface area (Å²) < 4.78 is 0. The first-order valence-electron chi connectivity index (χ1n) is 5.33. The Bertz CT molecular complexity index is 517. The van der Waals surface area contributed by atoms with Crippen molar-refractivity contribution in [3.63, 3.8) is 0 Å². The first kappa shape index (κ1) is 11.2. The van der Waals surface area contributed by atoms with E-state index in [1.54, 1.807) is 11.8 Å². The van der Waals surface area contributed by atoms with Gasteiger partial charge in [0.1, 0.15) is 0 Å². The van der Waals surface area contributed by atoms with Gasteiger partial charge in [0.2, 0.25) is 0 Å². The first-order valence-corrected chi connectivity index (χ1v) is 6.32. The minimum atomic E-state index is 0.994. The molecule has 82 valence electrons. The second kappa shape index (κ2) is 5.17. The second-order valence-electron chi connectivity index (χ2n) is 3.71. The van der Waals surface area contributed by atoms with Crippen LogP contribution in [0.3, 0.4) is 0 Å². The minimum Gasteiger partial charge on any atom is -0.287 e. The lowest BCUT2D eigenvalue weighted by molar-refractivity contribution is 1.43. The highest BCUT2D eigenvalue weighted by Crippen LogP contribution is 2.19. The molecule has 0 saturated carbocycles. The summed E-state index contributed by atoms with van der Waals surface area (Å²) in [7, 11) is 1.84. The Morgan fingerprint density at radius 3 is 2.62 bits per heavy atom. The molecule has 0 aliphatic rings. The van der Waals surface area contributed by atoms with E-state index in [-0.39, 0.29) is 0 Å². The summed E-state index contributed by atoms with van der Waals surface area (Å²) in [6, 6.07) is 15.1. The lowest BCUT2D eigenvalue weighted by atomic mass is 10.1. The van der Waals surface area contributed by atoms with Gasteiger partial charge in [-0.25, -0.2) is 0 Å². The molecule has 0 fully saturated rings. The third-order valence-electron chi connectivity index (χ3n) is 2.58. The second-order valence-corrected chi connectivity index (χ2v) is 4.88. The maximum absolute atomic E-state index is 4.15. The fraction of sp³-hybridized carbons (Fsp3) is 0.214. The van der Waals surface area contributed by atoms with Gasteiger partial charge < -0.3 is 0 Å². The van der Waals surface area contributed by atoms with E-state index in [0.29, 0.717) is 0 Å². The quantitative estimate of drug-likeness (QED) is 0.557. The molecule has 0 atom stereocenters. The highest BCUT2D eigenvalue weighted by Gasteiger charge is 1.97. The van der Waals surface area contributed by atoms with Crippen molar-refractivity contribution in [1.29, 1.82) is 0 Å². The maximum Gasteiger partial charge on any atom is 0.0644 e. The standard InChI is InChI=1S/C14H15NS/c1-11(15-2)16-10-12-7-8-13-5-3-4-6-14(13)9-12/h3-9H,10H2,1-2H3. The molecule has 2 rings (SSSR count). The predicted octanol–water partition coefficient (Wildman–Crippen LogP) is 4.12. The van der Waals surface area contributed by atoms with Crippen LogP contribution in [-0.4, -0.2) is 12.1 Å². The fourth-order valence-corrected chi connectivity index (χ4v) is 2.27. The normalized spacial score (nSPS) is 12.0. The van der Waals surface area contributed by atoms with Crippen molar-refractivity contribution in [3.8, 4) is 0 Å². The van der Waals surface area contributed by atoms with Gasteiger partial charge in [-0.1, -0.05) is 42.5 Å². The molecule has 2 aromatic rings.